The number of halogens is 4. The molecular weight excluding hydrogens is 561 g/mol. The molecule has 2 aromatic carbocycles. The van der Waals surface area contributed by atoms with E-state index in [0.29, 0.717) is 42.1 Å². The Balaban J connectivity index is 1.70. The van der Waals surface area contributed by atoms with Gasteiger partial charge in [-0.25, -0.2) is 9.99 Å². The summed E-state index contributed by atoms with van der Waals surface area (Å²) in [6, 6.07) is 11.8. The molecule has 0 saturated heterocycles. The van der Waals surface area contributed by atoms with Gasteiger partial charge in [0, 0.05) is 22.0 Å². The molecule has 13 heteroatoms. The van der Waals surface area contributed by atoms with Gasteiger partial charge in [-0.15, -0.1) is 11.3 Å². The number of fused-ring (bicyclic) bond motifs is 1. The highest BCUT2D eigenvalue weighted by Crippen LogP contribution is 2.40. The number of alkyl halides is 2. The lowest BCUT2D eigenvalue weighted by Crippen LogP contribution is -2.42. The minimum absolute atomic E-state index is 0.0749. The smallest absolute Gasteiger partial charge is 0.337 e. The average Bonchev–Trinajstić information content (AvgIpc) is 3.50. The Hall–Kier alpha value is -3.67. The van der Waals surface area contributed by atoms with E-state index in [9.17, 15) is 23.2 Å². The van der Waals surface area contributed by atoms with Gasteiger partial charge < -0.3 is 10.1 Å². The number of hydrogen-bond acceptors (Lipinski definition) is 6. The summed E-state index contributed by atoms with van der Waals surface area (Å²) in [6.07, 6.45) is -1.80. The van der Waals surface area contributed by atoms with Crippen molar-refractivity contribution in [2.45, 2.75) is 24.8 Å². The summed E-state index contributed by atoms with van der Waals surface area (Å²) in [7, 11) is 0. The quantitative estimate of drug-likeness (QED) is 0.303. The number of aliphatic carboxylic acids is 1. The first-order valence-electron chi connectivity index (χ1n) is 11.1. The van der Waals surface area contributed by atoms with Crippen LogP contribution in [0.15, 0.2) is 63.9 Å². The van der Waals surface area contributed by atoms with Crippen molar-refractivity contribution in [3.63, 3.8) is 0 Å². The van der Waals surface area contributed by atoms with Gasteiger partial charge in [-0.2, -0.15) is 13.9 Å². The van der Waals surface area contributed by atoms with E-state index < -0.39 is 35.8 Å². The third-order valence-electron chi connectivity index (χ3n) is 5.98. The number of thiazole rings is 1. The topological polar surface area (TPSA) is 116 Å². The Kier molecular flexibility index (Phi) is 6.76. The molecule has 3 heterocycles. The summed E-state index contributed by atoms with van der Waals surface area (Å²) < 4.78 is 30.0. The van der Waals surface area contributed by atoms with Crippen LogP contribution in [0.2, 0.25) is 10.0 Å². The number of H-pyrrole nitrogens is 1. The molecule has 1 atom stereocenters. The number of nitrogens with zero attached hydrogens (tertiary/aromatic N) is 3. The lowest BCUT2D eigenvalue weighted by atomic mass is 9.93. The van der Waals surface area contributed by atoms with Crippen LogP contribution in [-0.4, -0.2) is 43.6 Å². The number of amides is 1. The van der Waals surface area contributed by atoms with E-state index in [0.717, 1.165) is 0 Å². The van der Waals surface area contributed by atoms with Crippen LogP contribution in [-0.2, 0) is 9.59 Å². The van der Waals surface area contributed by atoms with Gasteiger partial charge in [-0.1, -0.05) is 47.5 Å². The van der Waals surface area contributed by atoms with Crippen LogP contribution >= 0.6 is 34.5 Å². The Labute approximate surface area is 227 Å². The summed E-state index contributed by atoms with van der Waals surface area (Å²) in [5.41, 5.74) is 2.97. The minimum Gasteiger partial charge on any atom is -0.481 e. The molecule has 0 spiro atoms. The SMILES string of the molecule is O=C(O)CC(F)(F)C(=O)N1N=C(c2c(-c3ccc(Cl)cc3)c3scnc3[nH]c2=O)C[C@H]1c1ccc(Cl)cc1. The van der Waals surface area contributed by atoms with Gasteiger partial charge in [0.2, 0.25) is 0 Å². The number of carboxylic acid groups (broad SMARTS) is 1. The van der Waals surface area contributed by atoms with Crippen LogP contribution in [0.25, 0.3) is 21.5 Å². The number of pyridine rings is 1. The predicted molar refractivity (Wildman–Crippen MR) is 140 cm³/mol. The molecule has 194 valence electrons. The van der Waals surface area contributed by atoms with E-state index in [2.05, 4.69) is 15.1 Å². The van der Waals surface area contributed by atoms with Gasteiger partial charge in [0.25, 0.3) is 5.56 Å². The fraction of sp³-hybridized carbons (Fsp3) is 0.160. The second-order valence-electron chi connectivity index (χ2n) is 8.48. The molecule has 5 rings (SSSR count). The molecule has 2 aromatic heterocycles. The maximum atomic E-state index is 14.7. The summed E-state index contributed by atoms with van der Waals surface area (Å²) in [5.74, 6) is -7.87. The summed E-state index contributed by atoms with van der Waals surface area (Å²) in [4.78, 5) is 44.2. The second-order valence-corrected chi connectivity index (χ2v) is 10.2. The fourth-order valence-electron chi connectivity index (χ4n) is 4.30. The highest BCUT2D eigenvalue weighted by molar-refractivity contribution is 7.17. The van der Waals surface area contributed by atoms with Gasteiger partial charge in [-0.05, 0) is 35.4 Å². The molecule has 8 nitrogen and oxygen atoms in total. The van der Waals surface area contributed by atoms with Gasteiger partial charge in [0.1, 0.15) is 6.42 Å². The number of hydrogen-bond donors (Lipinski definition) is 2. The predicted octanol–water partition coefficient (Wildman–Crippen LogP) is 5.75. The lowest BCUT2D eigenvalue weighted by Gasteiger charge is -2.25. The van der Waals surface area contributed by atoms with Crippen molar-refractivity contribution in [1.29, 1.82) is 0 Å². The van der Waals surface area contributed by atoms with Crippen LogP contribution < -0.4 is 5.56 Å². The van der Waals surface area contributed by atoms with Crippen molar-refractivity contribution in [1.82, 2.24) is 15.0 Å². The number of carbonyl (C=O) groups excluding carboxylic acids is 1. The number of carbonyl (C=O) groups is 2. The first kappa shape index (κ1) is 26.0. The van der Waals surface area contributed by atoms with E-state index in [1.54, 1.807) is 41.9 Å². The molecule has 0 bridgehead atoms. The van der Waals surface area contributed by atoms with Crippen molar-refractivity contribution >= 4 is 62.5 Å². The van der Waals surface area contributed by atoms with Crippen molar-refractivity contribution in [2.24, 2.45) is 5.10 Å². The third-order valence-corrected chi connectivity index (χ3v) is 7.33. The number of benzene rings is 2. The zero-order chi connectivity index (χ0) is 27.2. The van der Waals surface area contributed by atoms with Crippen molar-refractivity contribution in [2.75, 3.05) is 0 Å². The second kappa shape index (κ2) is 9.90. The zero-order valence-corrected chi connectivity index (χ0v) is 21.4. The molecule has 1 aliphatic heterocycles. The minimum atomic E-state index is -4.23. The number of aromatic amines is 1. The van der Waals surface area contributed by atoms with Crippen molar-refractivity contribution in [3.8, 4) is 11.1 Å². The Morgan fingerprint density at radius 1 is 1.08 bits per heavy atom. The molecular formula is C25H16Cl2F2N4O4S. The number of nitrogens with one attached hydrogen (secondary N) is 1. The van der Waals surface area contributed by atoms with E-state index in [-0.39, 0.29) is 17.7 Å². The summed E-state index contributed by atoms with van der Waals surface area (Å²) in [5, 5.41) is 14.5. The maximum absolute atomic E-state index is 14.7. The molecule has 0 unspecified atom stereocenters. The van der Waals surface area contributed by atoms with Crippen LogP contribution in [0.5, 0.6) is 0 Å². The van der Waals surface area contributed by atoms with Crippen molar-refractivity contribution < 1.29 is 23.5 Å². The fourth-order valence-corrected chi connectivity index (χ4v) is 5.37. The third kappa shape index (κ3) is 4.80. The van der Waals surface area contributed by atoms with E-state index >= 15 is 0 Å². The van der Waals surface area contributed by atoms with Gasteiger partial charge in [0.05, 0.1) is 27.5 Å². The average molecular weight is 577 g/mol. The molecule has 0 radical (unpaired) electrons. The number of hydrazone groups is 1. The maximum Gasteiger partial charge on any atom is 0.337 e. The van der Waals surface area contributed by atoms with Gasteiger partial charge >= 0.3 is 17.8 Å². The molecule has 0 aliphatic carbocycles. The molecule has 2 N–H and O–H groups in total. The largest absolute Gasteiger partial charge is 0.481 e. The number of rotatable bonds is 6. The summed E-state index contributed by atoms with van der Waals surface area (Å²) >= 11 is 13.3. The highest BCUT2D eigenvalue weighted by atomic mass is 35.5. The Morgan fingerprint density at radius 2 is 1.71 bits per heavy atom. The van der Waals surface area contributed by atoms with Gasteiger partial charge in [-0.3, -0.25) is 14.4 Å². The molecule has 38 heavy (non-hydrogen) atoms. The highest BCUT2D eigenvalue weighted by Gasteiger charge is 2.49. The van der Waals surface area contributed by atoms with Crippen LogP contribution in [0.3, 0.4) is 0 Å². The van der Waals surface area contributed by atoms with E-state index in [4.69, 9.17) is 28.3 Å². The first-order valence-corrected chi connectivity index (χ1v) is 12.7. The van der Waals surface area contributed by atoms with Crippen LogP contribution in [0.4, 0.5) is 8.78 Å². The monoisotopic (exact) mass is 576 g/mol. The number of carboxylic acids is 1. The van der Waals surface area contributed by atoms with E-state index in [1.807, 2.05) is 0 Å². The van der Waals surface area contributed by atoms with Crippen molar-refractivity contribution in [3.05, 3.63) is 85.6 Å². The number of aromatic nitrogens is 2. The molecule has 4 aromatic rings. The lowest BCUT2D eigenvalue weighted by molar-refractivity contribution is -0.167. The summed E-state index contributed by atoms with van der Waals surface area (Å²) in [6.45, 7) is 0. The molecule has 0 saturated carbocycles. The van der Waals surface area contributed by atoms with Crippen LogP contribution in [0.1, 0.15) is 30.0 Å². The van der Waals surface area contributed by atoms with Gasteiger partial charge in [0.15, 0.2) is 5.65 Å². The Bertz CT molecular complexity index is 1650. The molecule has 1 aliphatic rings. The zero-order valence-electron chi connectivity index (χ0n) is 19.1. The normalized spacial score (nSPS) is 15.6. The van der Waals surface area contributed by atoms with E-state index in [1.165, 1.54) is 23.5 Å². The standard InChI is InChI=1S/C25H16Cl2F2N4O4S/c26-14-5-1-12(2-6-14)17-9-16(32-33(17)24(37)25(28,29)10-18(34)35)20-19(13-3-7-15(27)8-4-13)21-22(30-11-38-21)31-23(20)36/h1-8,11,17H,9-10H2,(H,31,36)(H,34,35)/t17-/m0/s1. The first-order chi connectivity index (χ1) is 18.0. The molecule has 0 fully saturated rings. The Morgan fingerprint density at radius 3 is 2.34 bits per heavy atom. The molecule has 1 amide bonds. The van der Waals surface area contributed by atoms with Crippen LogP contribution in [0, 0.1) is 0 Å².